The predicted molar refractivity (Wildman–Crippen MR) is 122 cm³/mol. The van der Waals surface area contributed by atoms with Crippen molar-refractivity contribution in [2.75, 3.05) is 20.6 Å². The molecule has 1 aliphatic heterocycles. The molecule has 1 aliphatic carbocycles. The molecule has 156 valence electrons. The van der Waals surface area contributed by atoms with E-state index in [1.807, 2.05) is 55.7 Å². The number of aromatic nitrogens is 1. The Morgan fingerprint density at radius 2 is 2.10 bits per heavy atom. The number of amides is 1. The summed E-state index contributed by atoms with van der Waals surface area (Å²) in [5.41, 5.74) is 5.67. The summed E-state index contributed by atoms with van der Waals surface area (Å²) in [4.78, 5) is 18.7. The Kier molecular flexibility index (Phi) is 5.46. The molecule has 4 rings (SSSR count). The molecule has 1 aromatic heterocycles. The highest BCUT2D eigenvalue weighted by Gasteiger charge is 2.29. The summed E-state index contributed by atoms with van der Waals surface area (Å²) in [5, 5.41) is 6.67. The van der Waals surface area contributed by atoms with Crippen LogP contribution in [0.1, 0.15) is 54.1 Å². The number of hydrogen-bond acceptors (Lipinski definition) is 4. The van der Waals surface area contributed by atoms with E-state index in [2.05, 4.69) is 23.6 Å². The van der Waals surface area contributed by atoms with Crippen LogP contribution in [0.5, 0.6) is 0 Å². The van der Waals surface area contributed by atoms with Crippen molar-refractivity contribution in [2.24, 2.45) is 10.5 Å². The molecular formula is C25H30N4O. The Balaban J connectivity index is 1.55. The van der Waals surface area contributed by atoms with Gasteiger partial charge >= 0.3 is 0 Å². The second kappa shape index (κ2) is 8.05. The van der Waals surface area contributed by atoms with Gasteiger partial charge in [-0.3, -0.25) is 14.8 Å². The molecule has 0 saturated heterocycles. The van der Waals surface area contributed by atoms with E-state index in [-0.39, 0.29) is 5.91 Å². The van der Waals surface area contributed by atoms with Crippen molar-refractivity contribution in [2.45, 2.75) is 39.2 Å². The minimum Gasteiger partial charge on any atom is -0.337 e. The maximum Gasteiger partial charge on any atom is 0.254 e. The van der Waals surface area contributed by atoms with Gasteiger partial charge in [0.05, 0.1) is 11.9 Å². The van der Waals surface area contributed by atoms with Gasteiger partial charge in [-0.05, 0) is 41.5 Å². The zero-order valence-electron chi connectivity index (χ0n) is 18.2. The van der Waals surface area contributed by atoms with Crippen LogP contribution in [-0.4, -0.2) is 47.7 Å². The second-order valence-electron chi connectivity index (χ2n) is 9.04. The lowest BCUT2D eigenvalue weighted by Gasteiger charge is -2.28. The number of rotatable bonds is 6. The highest BCUT2D eigenvalue weighted by molar-refractivity contribution is 6.11. The SMILES string of the molecule is C=C(/C=N\N(C)CC1(C)CCCC1)c1cccnc1-c1ccc2c(c1)C(=O)N(C)C2. The number of fused-ring (bicyclic) bond motifs is 1. The third-order valence-electron chi connectivity index (χ3n) is 6.35. The van der Waals surface area contributed by atoms with Crippen LogP contribution in [-0.2, 0) is 6.54 Å². The first kappa shape index (κ1) is 20.3. The van der Waals surface area contributed by atoms with Crippen molar-refractivity contribution >= 4 is 17.7 Å². The smallest absolute Gasteiger partial charge is 0.254 e. The van der Waals surface area contributed by atoms with E-state index in [0.29, 0.717) is 12.0 Å². The van der Waals surface area contributed by atoms with Gasteiger partial charge in [0.2, 0.25) is 0 Å². The highest BCUT2D eigenvalue weighted by Crippen LogP contribution is 2.38. The van der Waals surface area contributed by atoms with Crippen LogP contribution in [0.3, 0.4) is 0 Å². The molecule has 2 aromatic rings. The summed E-state index contributed by atoms with van der Waals surface area (Å²) in [6.07, 6.45) is 8.78. The van der Waals surface area contributed by atoms with Crippen LogP contribution in [0.25, 0.3) is 16.8 Å². The van der Waals surface area contributed by atoms with Crippen LogP contribution in [0, 0.1) is 5.41 Å². The van der Waals surface area contributed by atoms with Gasteiger partial charge in [-0.15, -0.1) is 0 Å². The monoisotopic (exact) mass is 402 g/mol. The van der Waals surface area contributed by atoms with Crippen molar-refractivity contribution < 1.29 is 4.79 Å². The number of pyridine rings is 1. The summed E-state index contributed by atoms with van der Waals surface area (Å²) >= 11 is 0. The number of benzene rings is 1. The fourth-order valence-corrected chi connectivity index (χ4v) is 4.71. The summed E-state index contributed by atoms with van der Waals surface area (Å²) < 4.78 is 0. The van der Waals surface area contributed by atoms with Crippen LogP contribution in [0.2, 0.25) is 0 Å². The summed E-state index contributed by atoms with van der Waals surface area (Å²) in [7, 11) is 3.86. The van der Waals surface area contributed by atoms with E-state index in [9.17, 15) is 4.79 Å². The van der Waals surface area contributed by atoms with Gasteiger partial charge in [0.25, 0.3) is 5.91 Å². The van der Waals surface area contributed by atoms with Crippen LogP contribution in [0.4, 0.5) is 0 Å². The van der Waals surface area contributed by atoms with Gasteiger partial charge in [0, 0.05) is 50.1 Å². The van der Waals surface area contributed by atoms with Crippen LogP contribution >= 0.6 is 0 Å². The molecule has 0 N–H and O–H groups in total. The Morgan fingerprint density at radius 1 is 1.33 bits per heavy atom. The molecule has 2 heterocycles. The minimum atomic E-state index is 0.0618. The molecule has 0 bridgehead atoms. The lowest BCUT2D eigenvalue weighted by molar-refractivity contribution is 0.0816. The molecule has 0 spiro atoms. The lowest BCUT2D eigenvalue weighted by atomic mass is 9.89. The fourth-order valence-electron chi connectivity index (χ4n) is 4.71. The van der Waals surface area contributed by atoms with E-state index in [1.165, 1.54) is 25.7 Å². The molecular weight excluding hydrogens is 372 g/mol. The van der Waals surface area contributed by atoms with Crippen molar-refractivity contribution in [1.29, 1.82) is 0 Å². The van der Waals surface area contributed by atoms with Crippen molar-refractivity contribution in [3.8, 4) is 11.3 Å². The number of allylic oxidation sites excluding steroid dienone is 1. The van der Waals surface area contributed by atoms with E-state index in [4.69, 9.17) is 0 Å². The molecule has 0 radical (unpaired) electrons. The number of hydrazone groups is 1. The number of carbonyl (C=O) groups excluding carboxylic acids is 1. The van der Waals surface area contributed by atoms with Crippen LogP contribution in [0.15, 0.2) is 48.2 Å². The molecule has 0 unspecified atom stereocenters. The average Bonchev–Trinajstić information content (AvgIpc) is 3.29. The molecule has 2 aliphatic rings. The molecule has 0 atom stereocenters. The molecule has 1 saturated carbocycles. The zero-order chi connectivity index (χ0) is 21.3. The lowest BCUT2D eigenvalue weighted by Crippen LogP contribution is -2.28. The zero-order valence-corrected chi connectivity index (χ0v) is 18.2. The largest absolute Gasteiger partial charge is 0.337 e. The van der Waals surface area contributed by atoms with E-state index in [1.54, 1.807) is 11.1 Å². The van der Waals surface area contributed by atoms with Gasteiger partial charge in [0.15, 0.2) is 0 Å². The van der Waals surface area contributed by atoms with Gasteiger partial charge in [0.1, 0.15) is 0 Å². The van der Waals surface area contributed by atoms with E-state index in [0.717, 1.165) is 40.1 Å². The fraction of sp³-hybridized carbons (Fsp3) is 0.400. The summed E-state index contributed by atoms with van der Waals surface area (Å²) in [5.74, 6) is 0.0618. The van der Waals surface area contributed by atoms with Crippen molar-refractivity contribution in [3.05, 3.63) is 59.8 Å². The second-order valence-corrected chi connectivity index (χ2v) is 9.04. The molecule has 5 heteroatoms. The maximum absolute atomic E-state index is 12.4. The Labute approximate surface area is 179 Å². The first-order valence-corrected chi connectivity index (χ1v) is 10.6. The maximum atomic E-state index is 12.4. The Bertz CT molecular complexity index is 1000. The third kappa shape index (κ3) is 4.02. The standard InChI is InChI=1S/C25H30N4O/c1-18(15-27-29(4)17-25(2)11-5-6-12-25)21-8-7-13-26-23(21)19-9-10-20-16-28(3)24(30)22(20)14-19/h7-10,13-15H,1,5-6,11-12,16-17H2,2-4H3/b27-15-. The van der Waals surface area contributed by atoms with Crippen molar-refractivity contribution in [1.82, 2.24) is 14.9 Å². The number of hydrogen-bond donors (Lipinski definition) is 0. The Morgan fingerprint density at radius 3 is 2.87 bits per heavy atom. The Hall–Kier alpha value is -2.95. The van der Waals surface area contributed by atoms with Gasteiger partial charge in [-0.2, -0.15) is 5.10 Å². The summed E-state index contributed by atoms with van der Waals surface area (Å²) in [6, 6.07) is 9.93. The number of nitrogens with zero attached hydrogens (tertiary/aromatic N) is 4. The predicted octanol–water partition coefficient (Wildman–Crippen LogP) is 4.85. The van der Waals surface area contributed by atoms with Gasteiger partial charge in [-0.25, -0.2) is 0 Å². The van der Waals surface area contributed by atoms with Gasteiger partial charge < -0.3 is 4.90 Å². The molecule has 1 aromatic carbocycles. The number of carbonyl (C=O) groups is 1. The molecule has 1 amide bonds. The van der Waals surface area contributed by atoms with Crippen LogP contribution < -0.4 is 0 Å². The molecule has 30 heavy (non-hydrogen) atoms. The van der Waals surface area contributed by atoms with E-state index >= 15 is 0 Å². The first-order valence-electron chi connectivity index (χ1n) is 10.6. The van der Waals surface area contributed by atoms with Crippen molar-refractivity contribution in [3.63, 3.8) is 0 Å². The van der Waals surface area contributed by atoms with Gasteiger partial charge in [-0.1, -0.05) is 44.5 Å². The quantitative estimate of drug-likeness (QED) is 0.513. The molecule has 1 fully saturated rings. The minimum absolute atomic E-state index is 0.0618. The molecule has 5 nitrogen and oxygen atoms in total. The normalized spacial score (nSPS) is 17.6. The topological polar surface area (TPSA) is 48.8 Å². The summed E-state index contributed by atoms with van der Waals surface area (Å²) in [6.45, 7) is 8.21. The average molecular weight is 403 g/mol. The third-order valence-corrected chi connectivity index (χ3v) is 6.35. The first-order chi connectivity index (χ1) is 14.4. The highest BCUT2D eigenvalue weighted by atomic mass is 16.2. The van der Waals surface area contributed by atoms with E-state index < -0.39 is 0 Å².